The Balaban J connectivity index is 1.86. The van der Waals surface area contributed by atoms with Gasteiger partial charge in [0.05, 0.1) is 29.4 Å². The minimum absolute atomic E-state index is 0.402. The van der Waals surface area contributed by atoms with E-state index in [4.69, 9.17) is 4.74 Å². The lowest BCUT2D eigenvalue weighted by Gasteiger charge is -2.22. The fourth-order valence-corrected chi connectivity index (χ4v) is 2.97. The standard InChI is InChI=1S/C15H12F3NO4/c16-15(17,18)7-3-1-2-4-8(7)19-13(20)11-9-5-6-10(23-9)12(11)14(21)22/h1-6,9-12H,(H,19,20)(H,21,22)/t9-,10+,11-,12+/m1/s1. The maximum atomic E-state index is 12.9. The quantitative estimate of drug-likeness (QED) is 0.835. The van der Waals surface area contributed by atoms with Crippen molar-refractivity contribution >= 4 is 17.6 Å². The van der Waals surface area contributed by atoms with Crippen molar-refractivity contribution in [1.29, 1.82) is 0 Å². The van der Waals surface area contributed by atoms with Crippen LogP contribution in [-0.2, 0) is 20.5 Å². The molecule has 5 nitrogen and oxygen atoms in total. The number of rotatable bonds is 3. The third kappa shape index (κ3) is 2.70. The highest BCUT2D eigenvalue weighted by Crippen LogP contribution is 2.41. The second kappa shape index (κ2) is 5.38. The van der Waals surface area contributed by atoms with Gasteiger partial charge in [-0.3, -0.25) is 9.59 Å². The van der Waals surface area contributed by atoms with E-state index in [0.29, 0.717) is 0 Å². The van der Waals surface area contributed by atoms with Gasteiger partial charge in [-0.25, -0.2) is 0 Å². The number of carboxylic acid groups (broad SMARTS) is 1. The van der Waals surface area contributed by atoms with Crippen LogP contribution < -0.4 is 5.32 Å². The van der Waals surface area contributed by atoms with Crippen LogP contribution in [0.4, 0.5) is 18.9 Å². The molecular formula is C15H12F3NO4. The maximum Gasteiger partial charge on any atom is 0.418 e. The Kier molecular flexibility index (Phi) is 3.63. The van der Waals surface area contributed by atoms with Gasteiger partial charge >= 0.3 is 12.1 Å². The number of halogens is 3. The summed E-state index contributed by atoms with van der Waals surface area (Å²) in [5.41, 5.74) is -1.39. The van der Waals surface area contributed by atoms with E-state index in [1.807, 2.05) is 0 Å². The van der Waals surface area contributed by atoms with Crippen molar-refractivity contribution in [3.05, 3.63) is 42.0 Å². The number of nitrogens with one attached hydrogen (secondary N) is 1. The summed E-state index contributed by atoms with van der Waals surface area (Å²) in [5.74, 6) is -4.19. The molecule has 0 aromatic heterocycles. The van der Waals surface area contributed by atoms with E-state index in [9.17, 15) is 27.9 Å². The zero-order valence-corrected chi connectivity index (χ0v) is 11.6. The van der Waals surface area contributed by atoms with Crippen molar-refractivity contribution < 1.29 is 32.6 Å². The van der Waals surface area contributed by atoms with E-state index in [1.54, 1.807) is 12.2 Å². The number of hydrogen-bond donors (Lipinski definition) is 2. The van der Waals surface area contributed by atoms with Crippen LogP contribution in [0.2, 0.25) is 0 Å². The molecule has 122 valence electrons. The number of para-hydroxylation sites is 1. The fourth-order valence-electron chi connectivity index (χ4n) is 2.97. The maximum absolute atomic E-state index is 12.9. The summed E-state index contributed by atoms with van der Waals surface area (Å²) in [6, 6.07) is 4.54. The molecule has 1 fully saturated rings. The lowest BCUT2D eigenvalue weighted by Crippen LogP contribution is -2.39. The largest absolute Gasteiger partial charge is 0.481 e. The van der Waals surface area contributed by atoms with Crippen LogP contribution in [0.3, 0.4) is 0 Å². The molecule has 23 heavy (non-hydrogen) atoms. The van der Waals surface area contributed by atoms with Crippen LogP contribution in [0, 0.1) is 11.8 Å². The Morgan fingerprint density at radius 1 is 1.09 bits per heavy atom. The summed E-state index contributed by atoms with van der Waals surface area (Å²) in [7, 11) is 0. The molecule has 0 saturated carbocycles. The number of ether oxygens (including phenoxy) is 1. The van der Waals surface area contributed by atoms with Gasteiger partial charge in [0, 0.05) is 0 Å². The van der Waals surface area contributed by atoms with Crippen LogP contribution >= 0.6 is 0 Å². The summed E-state index contributed by atoms with van der Waals surface area (Å²) >= 11 is 0. The molecule has 2 aliphatic rings. The van der Waals surface area contributed by atoms with Gasteiger partial charge in [0.25, 0.3) is 0 Å². The summed E-state index contributed by atoms with van der Waals surface area (Å²) < 4.78 is 44.2. The van der Waals surface area contributed by atoms with E-state index in [0.717, 1.165) is 12.1 Å². The zero-order valence-electron chi connectivity index (χ0n) is 11.6. The molecule has 1 saturated heterocycles. The van der Waals surface area contributed by atoms with Gasteiger partial charge in [0.2, 0.25) is 5.91 Å². The number of alkyl halides is 3. The van der Waals surface area contributed by atoms with Crippen molar-refractivity contribution in [3.63, 3.8) is 0 Å². The molecule has 2 aliphatic heterocycles. The molecule has 2 bridgehead atoms. The molecule has 1 aromatic rings. The molecule has 2 heterocycles. The van der Waals surface area contributed by atoms with Gasteiger partial charge in [-0.05, 0) is 12.1 Å². The molecule has 4 atom stereocenters. The van der Waals surface area contributed by atoms with E-state index in [1.165, 1.54) is 12.1 Å². The van der Waals surface area contributed by atoms with Gasteiger partial charge in [0.1, 0.15) is 5.92 Å². The van der Waals surface area contributed by atoms with E-state index >= 15 is 0 Å². The molecule has 0 unspecified atom stereocenters. The number of hydrogen-bond acceptors (Lipinski definition) is 3. The van der Waals surface area contributed by atoms with Crippen molar-refractivity contribution in [1.82, 2.24) is 0 Å². The molecule has 0 spiro atoms. The molecule has 1 aromatic carbocycles. The number of anilines is 1. The first kappa shape index (κ1) is 15.5. The number of carbonyl (C=O) groups is 2. The Morgan fingerprint density at radius 3 is 2.30 bits per heavy atom. The molecule has 3 rings (SSSR count). The minimum Gasteiger partial charge on any atom is -0.481 e. The van der Waals surface area contributed by atoms with Crippen LogP contribution in [-0.4, -0.2) is 29.2 Å². The Bertz CT molecular complexity index is 686. The monoisotopic (exact) mass is 327 g/mol. The first-order valence-electron chi connectivity index (χ1n) is 6.82. The van der Waals surface area contributed by atoms with Crippen LogP contribution in [0.1, 0.15) is 5.56 Å². The number of carbonyl (C=O) groups excluding carboxylic acids is 1. The van der Waals surface area contributed by atoms with Gasteiger partial charge < -0.3 is 15.2 Å². The number of aliphatic carboxylic acids is 1. The second-order valence-corrected chi connectivity index (χ2v) is 5.37. The van der Waals surface area contributed by atoms with Gasteiger partial charge in [-0.15, -0.1) is 0 Å². The van der Waals surface area contributed by atoms with Gasteiger partial charge in [-0.2, -0.15) is 13.2 Å². The molecule has 0 radical (unpaired) electrons. The highest BCUT2D eigenvalue weighted by Gasteiger charge is 2.53. The van der Waals surface area contributed by atoms with E-state index in [-0.39, 0.29) is 0 Å². The Labute approximate surface area is 128 Å². The lowest BCUT2D eigenvalue weighted by molar-refractivity contribution is -0.146. The normalized spacial score (nSPS) is 28.8. The number of carboxylic acids is 1. The predicted molar refractivity (Wildman–Crippen MR) is 72.5 cm³/mol. The number of amides is 1. The molecule has 1 amide bonds. The van der Waals surface area contributed by atoms with Crippen LogP contribution in [0.25, 0.3) is 0 Å². The highest BCUT2D eigenvalue weighted by atomic mass is 19.4. The summed E-state index contributed by atoms with van der Waals surface area (Å²) in [6.07, 6.45) is -2.98. The molecule has 0 aliphatic carbocycles. The van der Waals surface area contributed by atoms with Crippen molar-refractivity contribution in [2.75, 3.05) is 5.32 Å². The van der Waals surface area contributed by atoms with Crippen LogP contribution in [0.15, 0.2) is 36.4 Å². The third-order valence-electron chi connectivity index (χ3n) is 3.98. The average molecular weight is 327 g/mol. The lowest BCUT2D eigenvalue weighted by atomic mass is 9.82. The molecule has 8 heteroatoms. The fraction of sp³-hybridized carbons (Fsp3) is 0.333. The smallest absolute Gasteiger partial charge is 0.418 e. The summed E-state index contributed by atoms with van der Waals surface area (Å²) in [6.45, 7) is 0. The highest BCUT2D eigenvalue weighted by molar-refractivity contribution is 5.97. The SMILES string of the molecule is O=C(O)[C@@H]1[C@H](C(=O)Nc2ccccc2C(F)(F)F)[C@H]2C=C[C@@H]1O2. The average Bonchev–Trinajstić information content (AvgIpc) is 3.07. The van der Waals surface area contributed by atoms with E-state index in [2.05, 4.69) is 5.32 Å². The molecule has 2 N–H and O–H groups in total. The number of benzene rings is 1. The predicted octanol–water partition coefficient (Wildman–Crippen LogP) is 2.30. The number of fused-ring (bicyclic) bond motifs is 2. The Morgan fingerprint density at radius 2 is 1.70 bits per heavy atom. The first-order chi connectivity index (χ1) is 10.8. The third-order valence-corrected chi connectivity index (χ3v) is 3.98. The van der Waals surface area contributed by atoms with Gasteiger partial charge in [0.15, 0.2) is 0 Å². The topological polar surface area (TPSA) is 75.6 Å². The minimum atomic E-state index is -4.62. The van der Waals surface area contributed by atoms with Crippen molar-refractivity contribution in [3.8, 4) is 0 Å². The second-order valence-electron chi connectivity index (χ2n) is 5.37. The summed E-state index contributed by atoms with van der Waals surface area (Å²) in [4.78, 5) is 23.7. The summed E-state index contributed by atoms with van der Waals surface area (Å²) in [5, 5.41) is 11.4. The van der Waals surface area contributed by atoms with Crippen LogP contribution in [0.5, 0.6) is 0 Å². The molecular weight excluding hydrogens is 315 g/mol. The zero-order chi connectivity index (χ0) is 16.8. The van der Waals surface area contributed by atoms with Gasteiger partial charge in [-0.1, -0.05) is 24.3 Å². The van der Waals surface area contributed by atoms with E-state index < -0.39 is 53.3 Å². The van der Waals surface area contributed by atoms with Crippen molar-refractivity contribution in [2.45, 2.75) is 18.4 Å². The Hall–Kier alpha value is -2.35. The first-order valence-corrected chi connectivity index (χ1v) is 6.82. The van der Waals surface area contributed by atoms with Crippen molar-refractivity contribution in [2.24, 2.45) is 11.8 Å².